The molecule has 0 aliphatic carbocycles. The zero-order chi connectivity index (χ0) is 20.0. The lowest BCUT2D eigenvalue weighted by Gasteiger charge is -2.25. The number of carbonyl (C=O) groups is 2. The third-order valence-electron chi connectivity index (χ3n) is 4.30. The molecule has 4 nitrogen and oxygen atoms in total. The largest absolute Gasteiger partial charge is 0.351 e. The van der Waals surface area contributed by atoms with Gasteiger partial charge >= 0.3 is 0 Å². The fraction of sp³-hybridized carbons (Fsp3) is 0.300. The summed E-state index contributed by atoms with van der Waals surface area (Å²) in [5.41, 5.74) is 0.806. The van der Waals surface area contributed by atoms with Crippen molar-refractivity contribution in [2.75, 3.05) is 13.6 Å². The SMILES string of the molecule is CC(Cc1ccc(Cl)cc1)N(C)C(=O)CCNC(=O)c1ccc(F)cc1F. The van der Waals surface area contributed by atoms with Crippen LogP contribution in [-0.2, 0) is 11.2 Å². The Bertz CT molecular complexity index is 812. The molecule has 0 saturated heterocycles. The minimum Gasteiger partial charge on any atom is -0.351 e. The fourth-order valence-corrected chi connectivity index (χ4v) is 2.70. The number of hydrogen-bond acceptors (Lipinski definition) is 2. The first-order valence-electron chi connectivity index (χ1n) is 8.51. The molecule has 27 heavy (non-hydrogen) atoms. The molecule has 7 heteroatoms. The number of nitrogens with one attached hydrogen (secondary N) is 1. The average Bonchev–Trinajstić information content (AvgIpc) is 2.62. The maximum atomic E-state index is 13.6. The lowest BCUT2D eigenvalue weighted by atomic mass is 10.1. The van der Waals surface area contributed by atoms with E-state index in [9.17, 15) is 18.4 Å². The van der Waals surface area contributed by atoms with Crippen molar-refractivity contribution in [3.05, 3.63) is 70.2 Å². The minimum atomic E-state index is -0.937. The van der Waals surface area contributed by atoms with Crippen molar-refractivity contribution in [1.29, 1.82) is 0 Å². The van der Waals surface area contributed by atoms with E-state index >= 15 is 0 Å². The predicted molar refractivity (Wildman–Crippen MR) is 101 cm³/mol. The Morgan fingerprint density at radius 2 is 1.81 bits per heavy atom. The molecule has 0 fully saturated rings. The van der Waals surface area contributed by atoms with Crippen molar-refractivity contribution in [3.8, 4) is 0 Å². The van der Waals surface area contributed by atoms with E-state index < -0.39 is 17.5 Å². The normalized spacial score (nSPS) is 11.7. The second kappa shape index (κ2) is 9.46. The molecule has 2 amide bonds. The highest BCUT2D eigenvalue weighted by Gasteiger charge is 2.17. The van der Waals surface area contributed by atoms with E-state index in [1.165, 1.54) is 0 Å². The lowest BCUT2D eigenvalue weighted by molar-refractivity contribution is -0.131. The van der Waals surface area contributed by atoms with Gasteiger partial charge in [-0.2, -0.15) is 0 Å². The molecule has 2 rings (SSSR count). The second-order valence-electron chi connectivity index (χ2n) is 6.31. The van der Waals surface area contributed by atoms with Crippen LogP contribution in [0.3, 0.4) is 0 Å². The molecule has 0 saturated carbocycles. The number of nitrogens with zero attached hydrogens (tertiary/aromatic N) is 1. The van der Waals surface area contributed by atoms with Gasteiger partial charge in [-0.3, -0.25) is 9.59 Å². The van der Waals surface area contributed by atoms with Crippen molar-refractivity contribution in [1.82, 2.24) is 10.2 Å². The van der Waals surface area contributed by atoms with E-state index in [1.54, 1.807) is 24.1 Å². The molecule has 2 aromatic carbocycles. The molecule has 0 bridgehead atoms. The first-order valence-corrected chi connectivity index (χ1v) is 8.89. The Morgan fingerprint density at radius 3 is 2.44 bits per heavy atom. The van der Waals surface area contributed by atoms with Crippen molar-refractivity contribution in [2.45, 2.75) is 25.8 Å². The Kier molecular flexibility index (Phi) is 7.30. The van der Waals surface area contributed by atoms with Crippen molar-refractivity contribution >= 4 is 23.4 Å². The van der Waals surface area contributed by atoms with Gasteiger partial charge in [0, 0.05) is 37.1 Å². The molecule has 0 aliphatic heterocycles. The van der Waals surface area contributed by atoms with Gasteiger partial charge in [-0.05, 0) is 43.2 Å². The highest BCUT2D eigenvalue weighted by Crippen LogP contribution is 2.13. The van der Waals surface area contributed by atoms with Gasteiger partial charge in [0.1, 0.15) is 11.6 Å². The van der Waals surface area contributed by atoms with Gasteiger partial charge < -0.3 is 10.2 Å². The van der Waals surface area contributed by atoms with Crippen LogP contribution in [0, 0.1) is 11.6 Å². The number of halogens is 3. The molecule has 0 aromatic heterocycles. The van der Waals surface area contributed by atoms with Crippen LogP contribution in [0.5, 0.6) is 0 Å². The summed E-state index contributed by atoms with van der Waals surface area (Å²) in [6.07, 6.45) is 0.753. The molecule has 0 radical (unpaired) electrons. The molecule has 0 spiro atoms. The van der Waals surface area contributed by atoms with E-state index in [4.69, 9.17) is 11.6 Å². The van der Waals surface area contributed by atoms with Gasteiger partial charge in [-0.25, -0.2) is 8.78 Å². The van der Waals surface area contributed by atoms with Crippen LogP contribution in [-0.4, -0.2) is 36.3 Å². The van der Waals surface area contributed by atoms with Gasteiger partial charge in [-0.1, -0.05) is 23.7 Å². The molecule has 1 unspecified atom stereocenters. The molecule has 144 valence electrons. The topological polar surface area (TPSA) is 49.4 Å². The summed E-state index contributed by atoms with van der Waals surface area (Å²) in [7, 11) is 1.70. The van der Waals surface area contributed by atoms with Crippen molar-refractivity contribution < 1.29 is 18.4 Å². The summed E-state index contributed by atoms with van der Waals surface area (Å²) >= 11 is 5.86. The van der Waals surface area contributed by atoms with Crippen LogP contribution in [0.15, 0.2) is 42.5 Å². The highest BCUT2D eigenvalue weighted by atomic mass is 35.5. The summed E-state index contributed by atoms with van der Waals surface area (Å²) in [4.78, 5) is 25.8. The first kappa shape index (κ1) is 20.8. The summed E-state index contributed by atoms with van der Waals surface area (Å²) in [6.45, 7) is 1.99. The fourth-order valence-electron chi connectivity index (χ4n) is 2.57. The van der Waals surface area contributed by atoms with E-state index in [-0.39, 0.29) is 30.5 Å². The summed E-state index contributed by atoms with van der Waals surface area (Å²) < 4.78 is 26.4. The second-order valence-corrected chi connectivity index (χ2v) is 6.75. The molecule has 0 aliphatic rings. The summed E-state index contributed by atoms with van der Waals surface area (Å²) in [5.74, 6) is -2.52. The van der Waals surface area contributed by atoms with Crippen LogP contribution >= 0.6 is 11.6 Å². The maximum Gasteiger partial charge on any atom is 0.254 e. The highest BCUT2D eigenvalue weighted by molar-refractivity contribution is 6.30. The molecular formula is C20H21ClF2N2O2. The Hall–Kier alpha value is -2.47. The van der Waals surface area contributed by atoms with Gasteiger partial charge in [-0.15, -0.1) is 0 Å². The first-order chi connectivity index (χ1) is 12.8. The standard InChI is InChI=1S/C20H21ClF2N2O2/c1-13(11-14-3-5-15(21)6-4-14)25(2)19(26)9-10-24-20(27)17-8-7-16(22)12-18(17)23/h3-8,12-13H,9-11H2,1-2H3,(H,24,27). The number of hydrogen-bond donors (Lipinski definition) is 1. The number of likely N-dealkylation sites (N-methyl/N-ethyl adjacent to an activating group) is 1. The van der Waals surface area contributed by atoms with E-state index in [1.807, 2.05) is 19.1 Å². The maximum absolute atomic E-state index is 13.6. The van der Waals surface area contributed by atoms with Crippen LogP contribution < -0.4 is 5.32 Å². The molecule has 1 N–H and O–H groups in total. The summed E-state index contributed by atoms with van der Waals surface area (Å²) in [5, 5.41) is 3.13. The van der Waals surface area contributed by atoms with Gasteiger partial charge in [0.25, 0.3) is 5.91 Å². The molecule has 1 atom stereocenters. The summed E-state index contributed by atoms with van der Waals surface area (Å²) in [6, 6.07) is 10.1. The average molecular weight is 395 g/mol. The zero-order valence-corrected chi connectivity index (χ0v) is 15.9. The smallest absolute Gasteiger partial charge is 0.254 e. The molecule has 0 heterocycles. The minimum absolute atomic E-state index is 0.0380. The van der Waals surface area contributed by atoms with Gasteiger partial charge in [0.15, 0.2) is 0 Å². The van der Waals surface area contributed by atoms with Crippen molar-refractivity contribution in [2.24, 2.45) is 0 Å². The van der Waals surface area contributed by atoms with Crippen LogP contribution in [0.25, 0.3) is 0 Å². The van der Waals surface area contributed by atoms with Gasteiger partial charge in [0.2, 0.25) is 5.91 Å². The quantitative estimate of drug-likeness (QED) is 0.776. The van der Waals surface area contributed by atoms with Crippen molar-refractivity contribution in [3.63, 3.8) is 0 Å². The van der Waals surface area contributed by atoms with E-state index in [0.29, 0.717) is 17.5 Å². The third kappa shape index (κ3) is 6.03. The molecular weight excluding hydrogens is 374 g/mol. The number of benzene rings is 2. The Labute approximate surface area is 162 Å². The van der Waals surface area contributed by atoms with Gasteiger partial charge in [0.05, 0.1) is 5.56 Å². The third-order valence-corrected chi connectivity index (χ3v) is 4.55. The van der Waals surface area contributed by atoms with Crippen LogP contribution in [0.1, 0.15) is 29.3 Å². The number of rotatable bonds is 7. The van der Waals surface area contributed by atoms with E-state index in [2.05, 4.69) is 5.32 Å². The lowest BCUT2D eigenvalue weighted by Crippen LogP contribution is -2.38. The van der Waals surface area contributed by atoms with Crippen LogP contribution in [0.4, 0.5) is 8.78 Å². The number of amides is 2. The van der Waals surface area contributed by atoms with Crippen LogP contribution in [0.2, 0.25) is 5.02 Å². The molecule has 2 aromatic rings. The van der Waals surface area contributed by atoms with E-state index in [0.717, 1.165) is 17.7 Å². The predicted octanol–water partition coefficient (Wildman–Crippen LogP) is 3.83. The Balaban J connectivity index is 1.81. The zero-order valence-electron chi connectivity index (χ0n) is 15.1. The monoisotopic (exact) mass is 394 g/mol. The Morgan fingerprint density at radius 1 is 1.15 bits per heavy atom. The number of carbonyl (C=O) groups excluding carboxylic acids is 2.